The molecule has 170 valence electrons. The van der Waals surface area contributed by atoms with E-state index in [1.54, 1.807) is 0 Å². The van der Waals surface area contributed by atoms with Crippen LogP contribution < -0.4 is 0 Å². The van der Waals surface area contributed by atoms with Gasteiger partial charge in [0.25, 0.3) is 0 Å². The first-order valence-electron chi connectivity index (χ1n) is 12.0. The lowest BCUT2D eigenvalue weighted by Crippen LogP contribution is -2.31. The second-order valence-corrected chi connectivity index (χ2v) is 9.17. The fourth-order valence-electron chi connectivity index (χ4n) is 4.18. The molecule has 2 saturated carbocycles. The molecule has 2 aromatic rings. The van der Waals surface area contributed by atoms with Gasteiger partial charge in [0.05, 0.1) is 5.60 Å². The van der Waals surface area contributed by atoms with E-state index in [-0.39, 0.29) is 5.60 Å². The Labute approximate surface area is 194 Å². The van der Waals surface area contributed by atoms with Crippen molar-refractivity contribution in [2.75, 3.05) is 5.88 Å². The molecule has 2 aliphatic carbocycles. The summed E-state index contributed by atoms with van der Waals surface area (Å²) in [6, 6.07) is 20.7. The number of carbonyl (C=O) groups is 1. The molecule has 0 amide bonds. The van der Waals surface area contributed by atoms with Crippen molar-refractivity contribution in [2.24, 2.45) is 0 Å². The number of Topliss-reactive ketones (excluding diaryl/α,β-unsaturated/α-hetero) is 1. The fourth-order valence-corrected chi connectivity index (χ4v) is 4.40. The summed E-state index contributed by atoms with van der Waals surface area (Å²) >= 11 is 5.54. The SMILES string of the molecule is ClCCc1ccccc1.O=C1CCCCC1.OC1(CCc2ccccc2)CCCCC1. The maximum atomic E-state index is 10.5. The zero-order valence-electron chi connectivity index (χ0n) is 18.9. The molecule has 0 aliphatic heterocycles. The van der Waals surface area contributed by atoms with Gasteiger partial charge in [-0.3, -0.25) is 4.79 Å². The molecular weight excluding hydrogens is 404 g/mol. The molecule has 3 heteroatoms. The van der Waals surface area contributed by atoms with Gasteiger partial charge in [0.15, 0.2) is 0 Å². The first kappa shape index (κ1) is 25.6. The van der Waals surface area contributed by atoms with Crippen LogP contribution in [0.3, 0.4) is 0 Å². The van der Waals surface area contributed by atoms with Crippen LogP contribution in [-0.2, 0) is 17.6 Å². The van der Waals surface area contributed by atoms with Gasteiger partial charge in [-0.2, -0.15) is 0 Å². The minimum Gasteiger partial charge on any atom is -0.390 e. The third-order valence-electron chi connectivity index (χ3n) is 6.14. The fraction of sp³-hybridized carbons (Fsp3) is 0.536. The number of hydrogen-bond donors (Lipinski definition) is 1. The van der Waals surface area contributed by atoms with Crippen LogP contribution in [-0.4, -0.2) is 22.4 Å². The van der Waals surface area contributed by atoms with Crippen molar-refractivity contribution in [1.29, 1.82) is 0 Å². The summed E-state index contributed by atoms with van der Waals surface area (Å²) in [5.41, 5.74) is 2.29. The van der Waals surface area contributed by atoms with E-state index in [2.05, 4.69) is 36.4 Å². The number of alkyl halides is 1. The Morgan fingerprint density at radius 2 is 1.19 bits per heavy atom. The van der Waals surface area contributed by atoms with E-state index in [9.17, 15) is 9.90 Å². The van der Waals surface area contributed by atoms with E-state index >= 15 is 0 Å². The van der Waals surface area contributed by atoms with Gasteiger partial charge in [-0.25, -0.2) is 0 Å². The number of aliphatic hydroxyl groups is 1. The Morgan fingerprint density at radius 3 is 1.65 bits per heavy atom. The second-order valence-electron chi connectivity index (χ2n) is 8.79. The Morgan fingerprint density at radius 1 is 0.710 bits per heavy atom. The van der Waals surface area contributed by atoms with Gasteiger partial charge in [-0.15, -0.1) is 11.6 Å². The van der Waals surface area contributed by atoms with E-state index in [1.165, 1.54) is 36.8 Å². The summed E-state index contributed by atoms with van der Waals surface area (Å²) in [5, 5.41) is 10.3. The highest BCUT2D eigenvalue weighted by Gasteiger charge is 2.28. The molecule has 0 aromatic heterocycles. The van der Waals surface area contributed by atoms with E-state index in [4.69, 9.17) is 11.6 Å². The zero-order valence-corrected chi connectivity index (χ0v) is 19.7. The predicted octanol–water partition coefficient (Wildman–Crippen LogP) is 7.30. The smallest absolute Gasteiger partial charge is 0.132 e. The standard InChI is InChI=1S/C14H20O.C8H9Cl.C6H10O/c15-14(10-5-2-6-11-14)12-9-13-7-3-1-4-8-13;9-7-6-8-4-2-1-3-5-8;7-6-4-2-1-3-5-6/h1,3-4,7-8,15H,2,5-6,9-12H2;1-5H,6-7H2;1-5H2. The molecule has 31 heavy (non-hydrogen) atoms. The number of benzene rings is 2. The highest BCUT2D eigenvalue weighted by atomic mass is 35.5. The molecular formula is C28H39ClO2. The number of aryl methyl sites for hydroxylation is 2. The third-order valence-corrected chi connectivity index (χ3v) is 6.33. The van der Waals surface area contributed by atoms with Crippen LogP contribution >= 0.6 is 11.6 Å². The highest BCUT2D eigenvalue weighted by Crippen LogP contribution is 2.31. The molecule has 2 fully saturated rings. The van der Waals surface area contributed by atoms with Gasteiger partial charge < -0.3 is 5.11 Å². The topological polar surface area (TPSA) is 37.3 Å². The maximum absolute atomic E-state index is 10.5. The molecule has 0 saturated heterocycles. The summed E-state index contributed by atoms with van der Waals surface area (Å²) in [6.45, 7) is 0. The number of ketones is 1. The maximum Gasteiger partial charge on any atom is 0.132 e. The minimum atomic E-state index is -0.367. The van der Waals surface area contributed by atoms with Gasteiger partial charge in [-0.05, 0) is 56.1 Å². The molecule has 2 aromatic carbocycles. The van der Waals surface area contributed by atoms with Crippen molar-refractivity contribution in [2.45, 2.75) is 89.1 Å². The molecule has 2 aliphatic rings. The molecule has 0 heterocycles. The van der Waals surface area contributed by atoms with Gasteiger partial charge in [0.1, 0.15) is 5.78 Å². The van der Waals surface area contributed by atoms with Gasteiger partial charge in [0.2, 0.25) is 0 Å². The quantitative estimate of drug-likeness (QED) is 0.493. The van der Waals surface area contributed by atoms with Crippen molar-refractivity contribution >= 4 is 17.4 Å². The van der Waals surface area contributed by atoms with Crippen molar-refractivity contribution in [3.05, 3.63) is 71.8 Å². The average Bonchev–Trinajstić information content (AvgIpc) is 2.81. The largest absolute Gasteiger partial charge is 0.390 e. The van der Waals surface area contributed by atoms with Crippen LogP contribution in [0.4, 0.5) is 0 Å². The lowest BCUT2D eigenvalue weighted by molar-refractivity contribution is -0.120. The molecule has 0 spiro atoms. The van der Waals surface area contributed by atoms with Gasteiger partial charge in [0, 0.05) is 18.7 Å². The number of carbonyl (C=O) groups excluding carboxylic acids is 1. The average molecular weight is 443 g/mol. The van der Waals surface area contributed by atoms with Crippen LogP contribution in [0, 0.1) is 0 Å². The predicted molar refractivity (Wildman–Crippen MR) is 132 cm³/mol. The lowest BCUT2D eigenvalue weighted by Gasteiger charge is -2.32. The molecule has 0 atom stereocenters. The van der Waals surface area contributed by atoms with E-state index in [0.717, 1.165) is 57.8 Å². The summed E-state index contributed by atoms with van der Waals surface area (Å²) in [5.74, 6) is 1.18. The minimum absolute atomic E-state index is 0.367. The van der Waals surface area contributed by atoms with Gasteiger partial charge in [-0.1, -0.05) is 86.3 Å². The first-order valence-corrected chi connectivity index (χ1v) is 12.5. The van der Waals surface area contributed by atoms with Crippen molar-refractivity contribution in [3.63, 3.8) is 0 Å². The van der Waals surface area contributed by atoms with Crippen LogP contribution in [0.15, 0.2) is 60.7 Å². The Kier molecular flexibility index (Phi) is 12.6. The van der Waals surface area contributed by atoms with Crippen LogP contribution in [0.1, 0.15) is 81.8 Å². The van der Waals surface area contributed by atoms with E-state index < -0.39 is 0 Å². The lowest BCUT2D eigenvalue weighted by atomic mass is 9.81. The first-order chi connectivity index (χ1) is 15.1. The Bertz CT molecular complexity index is 700. The number of hydrogen-bond acceptors (Lipinski definition) is 2. The Balaban J connectivity index is 0.000000181. The molecule has 0 radical (unpaired) electrons. The Hall–Kier alpha value is -1.64. The zero-order chi connectivity index (χ0) is 22.2. The third kappa shape index (κ3) is 11.5. The monoisotopic (exact) mass is 442 g/mol. The molecule has 2 nitrogen and oxygen atoms in total. The van der Waals surface area contributed by atoms with Crippen LogP contribution in [0.25, 0.3) is 0 Å². The summed E-state index contributed by atoms with van der Waals surface area (Å²) in [4.78, 5) is 10.5. The summed E-state index contributed by atoms with van der Waals surface area (Å²) in [6.07, 6.45) is 13.9. The molecule has 1 N–H and O–H groups in total. The molecule has 0 bridgehead atoms. The van der Waals surface area contributed by atoms with Gasteiger partial charge >= 0.3 is 0 Å². The number of rotatable bonds is 5. The summed E-state index contributed by atoms with van der Waals surface area (Å²) in [7, 11) is 0. The van der Waals surface area contributed by atoms with Crippen molar-refractivity contribution in [1.82, 2.24) is 0 Å². The van der Waals surface area contributed by atoms with Crippen LogP contribution in [0.5, 0.6) is 0 Å². The molecule has 0 unspecified atom stereocenters. The summed E-state index contributed by atoms with van der Waals surface area (Å²) < 4.78 is 0. The normalized spacial score (nSPS) is 17.5. The van der Waals surface area contributed by atoms with Crippen molar-refractivity contribution in [3.8, 4) is 0 Å². The van der Waals surface area contributed by atoms with Crippen LogP contribution in [0.2, 0.25) is 0 Å². The van der Waals surface area contributed by atoms with E-state index in [0.29, 0.717) is 11.7 Å². The number of halogens is 1. The van der Waals surface area contributed by atoms with E-state index in [1.807, 2.05) is 24.3 Å². The highest BCUT2D eigenvalue weighted by molar-refractivity contribution is 6.17. The molecule has 4 rings (SSSR count). The van der Waals surface area contributed by atoms with Crippen molar-refractivity contribution < 1.29 is 9.90 Å². The second kappa shape index (κ2) is 15.2.